The number of carbonyl (C=O) groups is 1. The summed E-state index contributed by atoms with van der Waals surface area (Å²) in [5.74, 6) is 0.0507. The smallest absolute Gasteiger partial charge is 0.254 e. The van der Waals surface area contributed by atoms with Gasteiger partial charge in [0.15, 0.2) is 0 Å². The van der Waals surface area contributed by atoms with Crippen molar-refractivity contribution in [3.63, 3.8) is 0 Å². The van der Waals surface area contributed by atoms with E-state index in [0.717, 1.165) is 25.2 Å². The molecule has 2 saturated heterocycles. The molecule has 0 N–H and O–H groups in total. The molecule has 0 aromatic heterocycles. The van der Waals surface area contributed by atoms with Gasteiger partial charge in [-0.25, -0.2) is 0 Å². The van der Waals surface area contributed by atoms with E-state index >= 15 is 0 Å². The molecule has 0 radical (unpaired) electrons. The lowest BCUT2D eigenvalue weighted by Crippen LogP contribution is -2.40. The summed E-state index contributed by atoms with van der Waals surface area (Å²) in [6, 6.07) is 5.73. The first-order chi connectivity index (χ1) is 10.7. The zero-order valence-corrected chi connectivity index (χ0v) is 13.6. The number of halogens is 1. The van der Waals surface area contributed by atoms with E-state index in [9.17, 15) is 4.79 Å². The maximum absolute atomic E-state index is 12.5. The zero-order valence-electron chi connectivity index (χ0n) is 12.9. The molecule has 4 nitrogen and oxygen atoms in total. The summed E-state index contributed by atoms with van der Waals surface area (Å²) < 4.78 is 5.29. The van der Waals surface area contributed by atoms with Gasteiger partial charge in [0.2, 0.25) is 0 Å². The first-order valence-corrected chi connectivity index (χ1v) is 8.49. The van der Waals surface area contributed by atoms with Crippen LogP contribution in [-0.4, -0.2) is 55.1 Å². The van der Waals surface area contributed by atoms with Gasteiger partial charge >= 0.3 is 0 Å². The molecule has 2 heterocycles. The van der Waals surface area contributed by atoms with E-state index in [4.69, 9.17) is 16.3 Å². The van der Waals surface area contributed by atoms with Gasteiger partial charge in [0, 0.05) is 30.2 Å². The van der Waals surface area contributed by atoms with Crippen LogP contribution in [0.15, 0.2) is 18.2 Å². The molecule has 120 valence electrons. The molecule has 1 aromatic rings. The van der Waals surface area contributed by atoms with Crippen LogP contribution in [0, 0.1) is 0 Å². The summed E-state index contributed by atoms with van der Waals surface area (Å²) in [6.07, 6.45) is 3.87. The van der Waals surface area contributed by atoms with Crippen molar-refractivity contribution in [2.45, 2.75) is 25.8 Å². The van der Waals surface area contributed by atoms with Crippen LogP contribution in [0.3, 0.4) is 0 Å². The molecule has 2 fully saturated rings. The number of hydrogen-bond acceptors (Lipinski definition) is 3. The average molecular weight is 323 g/mol. The van der Waals surface area contributed by atoms with Gasteiger partial charge in [-0.05, 0) is 43.6 Å². The van der Waals surface area contributed by atoms with Crippen LogP contribution in [0.25, 0.3) is 0 Å². The number of likely N-dealkylation sites (tertiary alicyclic amines) is 1. The number of nitrogens with zero attached hydrogens (tertiary/aromatic N) is 2. The van der Waals surface area contributed by atoms with Crippen molar-refractivity contribution in [2.75, 3.05) is 39.4 Å². The molecule has 0 unspecified atom stereocenters. The van der Waals surface area contributed by atoms with Crippen LogP contribution in [0.5, 0.6) is 0 Å². The van der Waals surface area contributed by atoms with Gasteiger partial charge in [-0.1, -0.05) is 24.1 Å². The molecule has 0 aliphatic carbocycles. The van der Waals surface area contributed by atoms with Crippen LogP contribution >= 0.6 is 11.6 Å². The highest BCUT2D eigenvalue weighted by atomic mass is 35.5. The molecule has 3 rings (SSSR count). The van der Waals surface area contributed by atoms with Gasteiger partial charge in [-0.15, -0.1) is 0 Å². The van der Waals surface area contributed by atoms with Crippen molar-refractivity contribution in [3.8, 4) is 0 Å². The minimum absolute atomic E-state index is 0.0507. The highest BCUT2D eigenvalue weighted by Crippen LogP contribution is 2.22. The Morgan fingerprint density at radius 3 is 2.50 bits per heavy atom. The lowest BCUT2D eigenvalue weighted by atomic mass is 10.1. The second-order valence-corrected chi connectivity index (χ2v) is 6.45. The van der Waals surface area contributed by atoms with Crippen LogP contribution in [-0.2, 0) is 11.3 Å². The lowest BCUT2D eigenvalue weighted by molar-refractivity contribution is 0.0303. The molecule has 0 saturated carbocycles. The first-order valence-electron chi connectivity index (χ1n) is 8.12. The van der Waals surface area contributed by atoms with E-state index in [1.807, 2.05) is 23.1 Å². The number of hydrogen-bond donors (Lipinski definition) is 0. The molecule has 1 amide bonds. The van der Waals surface area contributed by atoms with E-state index in [1.54, 1.807) is 0 Å². The summed E-state index contributed by atoms with van der Waals surface area (Å²) >= 11 is 6.41. The third-order valence-corrected chi connectivity index (χ3v) is 4.79. The number of piperidine rings is 1. The minimum Gasteiger partial charge on any atom is -0.378 e. The predicted octanol–water partition coefficient (Wildman–Crippen LogP) is 2.80. The number of carbonyl (C=O) groups excluding carboxylic acids is 1. The Morgan fingerprint density at radius 1 is 1.09 bits per heavy atom. The molecule has 0 atom stereocenters. The maximum Gasteiger partial charge on any atom is 0.254 e. The topological polar surface area (TPSA) is 32.8 Å². The number of benzene rings is 1. The quantitative estimate of drug-likeness (QED) is 0.858. The second-order valence-electron chi connectivity index (χ2n) is 6.05. The molecule has 1 aromatic carbocycles. The molecule has 22 heavy (non-hydrogen) atoms. The van der Waals surface area contributed by atoms with Gasteiger partial charge in [-0.3, -0.25) is 9.69 Å². The summed E-state index contributed by atoms with van der Waals surface area (Å²) in [7, 11) is 0. The Bertz CT molecular complexity index is 523. The highest BCUT2D eigenvalue weighted by Gasteiger charge is 2.19. The maximum atomic E-state index is 12.5. The van der Waals surface area contributed by atoms with Crippen molar-refractivity contribution in [1.82, 2.24) is 9.80 Å². The average Bonchev–Trinajstić information content (AvgIpc) is 2.58. The Balaban J connectivity index is 1.67. The molecular formula is C17H23ClN2O2. The Labute approximate surface area is 137 Å². The van der Waals surface area contributed by atoms with Gasteiger partial charge in [-0.2, -0.15) is 0 Å². The second kappa shape index (κ2) is 7.44. The first kappa shape index (κ1) is 15.8. The fraction of sp³-hybridized carbons (Fsp3) is 0.588. The number of ether oxygens (including phenoxy) is 1. The van der Waals surface area contributed by atoms with Crippen molar-refractivity contribution in [3.05, 3.63) is 34.3 Å². The van der Waals surface area contributed by atoms with Gasteiger partial charge in [0.25, 0.3) is 5.91 Å². The number of morpholine rings is 1. The summed E-state index contributed by atoms with van der Waals surface area (Å²) in [4.78, 5) is 16.7. The van der Waals surface area contributed by atoms with Crippen molar-refractivity contribution >= 4 is 17.5 Å². The van der Waals surface area contributed by atoms with Gasteiger partial charge in [0.05, 0.1) is 13.2 Å². The largest absolute Gasteiger partial charge is 0.378 e. The third-order valence-electron chi connectivity index (χ3n) is 4.44. The molecule has 2 aliphatic rings. The van der Waals surface area contributed by atoms with Crippen LogP contribution in [0.4, 0.5) is 0 Å². The molecule has 5 heteroatoms. The number of rotatable bonds is 3. The van der Waals surface area contributed by atoms with E-state index in [2.05, 4.69) is 4.90 Å². The van der Waals surface area contributed by atoms with Gasteiger partial charge in [0.1, 0.15) is 0 Å². The number of amides is 1. The fourth-order valence-electron chi connectivity index (χ4n) is 3.12. The Kier molecular flexibility index (Phi) is 5.34. The third kappa shape index (κ3) is 3.80. The van der Waals surface area contributed by atoms with Crippen LogP contribution in [0.2, 0.25) is 5.02 Å². The fourth-order valence-corrected chi connectivity index (χ4v) is 3.36. The van der Waals surface area contributed by atoms with Crippen molar-refractivity contribution < 1.29 is 9.53 Å². The summed E-state index contributed by atoms with van der Waals surface area (Å²) in [5.41, 5.74) is 1.79. The van der Waals surface area contributed by atoms with Crippen LogP contribution in [0.1, 0.15) is 35.2 Å². The SMILES string of the molecule is O=C(c1ccc(CN2CCCCC2)c(Cl)c1)N1CCOCC1. The monoisotopic (exact) mass is 322 g/mol. The molecule has 0 bridgehead atoms. The van der Waals surface area contributed by atoms with Crippen molar-refractivity contribution in [2.24, 2.45) is 0 Å². The Hall–Kier alpha value is -1.10. The molecule has 0 spiro atoms. The molecule has 2 aliphatic heterocycles. The van der Waals surface area contributed by atoms with Crippen LogP contribution < -0.4 is 0 Å². The highest BCUT2D eigenvalue weighted by molar-refractivity contribution is 6.31. The van der Waals surface area contributed by atoms with Gasteiger partial charge < -0.3 is 9.64 Å². The predicted molar refractivity (Wildman–Crippen MR) is 87.3 cm³/mol. The molecular weight excluding hydrogens is 300 g/mol. The Morgan fingerprint density at radius 2 is 1.82 bits per heavy atom. The lowest BCUT2D eigenvalue weighted by Gasteiger charge is -2.28. The van der Waals surface area contributed by atoms with E-state index in [-0.39, 0.29) is 5.91 Å². The standard InChI is InChI=1S/C17H23ClN2O2/c18-16-12-14(17(21)20-8-10-22-11-9-20)4-5-15(16)13-19-6-2-1-3-7-19/h4-5,12H,1-3,6-11,13H2. The van der Waals surface area contributed by atoms with E-state index < -0.39 is 0 Å². The summed E-state index contributed by atoms with van der Waals surface area (Å²) in [5, 5.41) is 0.699. The zero-order chi connectivity index (χ0) is 15.4. The normalized spacial score (nSPS) is 20.1. The minimum atomic E-state index is 0.0507. The summed E-state index contributed by atoms with van der Waals surface area (Å²) in [6.45, 7) is 5.72. The van der Waals surface area contributed by atoms with E-state index in [0.29, 0.717) is 36.9 Å². The van der Waals surface area contributed by atoms with Crippen molar-refractivity contribution in [1.29, 1.82) is 0 Å². The van der Waals surface area contributed by atoms with E-state index in [1.165, 1.54) is 19.3 Å².